The third-order valence-electron chi connectivity index (χ3n) is 3.26. The summed E-state index contributed by atoms with van der Waals surface area (Å²) in [6, 6.07) is 0. The third kappa shape index (κ3) is 3.61. The van der Waals surface area contributed by atoms with E-state index in [-0.39, 0.29) is 29.3 Å². The van der Waals surface area contributed by atoms with Crippen LogP contribution in [0, 0.1) is 5.41 Å². The minimum atomic E-state index is -0.221. The lowest BCUT2D eigenvalue weighted by molar-refractivity contribution is 0.0940. The topological polar surface area (TPSA) is 100 Å². The summed E-state index contributed by atoms with van der Waals surface area (Å²) >= 11 is 1.25. The Labute approximate surface area is 122 Å². The van der Waals surface area contributed by atoms with Gasteiger partial charge in [0.2, 0.25) is 0 Å². The second kappa shape index (κ2) is 5.21. The number of amides is 1. The van der Waals surface area contributed by atoms with Gasteiger partial charge in [-0.1, -0.05) is 11.3 Å². The van der Waals surface area contributed by atoms with Crippen LogP contribution < -0.4 is 16.4 Å². The average Bonchev–Trinajstić information content (AvgIpc) is 3.03. The molecular formula is C13H22N4O2S. The second-order valence-electron chi connectivity index (χ2n) is 6.45. The zero-order valence-electron chi connectivity index (χ0n) is 12.1. The highest BCUT2D eigenvalue weighted by Crippen LogP contribution is 2.44. The Balaban J connectivity index is 1.99. The fourth-order valence-corrected chi connectivity index (χ4v) is 2.79. The Morgan fingerprint density at radius 3 is 2.65 bits per heavy atom. The number of hydrogen-bond acceptors (Lipinski definition) is 6. The minimum absolute atomic E-state index is 0.110. The van der Waals surface area contributed by atoms with E-state index in [1.54, 1.807) is 0 Å². The molecule has 0 bridgehead atoms. The van der Waals surface area contributed by atoms with Crippen LogP contribution in [0.3, 0.4) is 0 Å². The quantitative estimate of drug-likeness (QED) is 0.659. The molecule has 0 saturated heterocycles. The number of anilines is 2. The highest BCUT2D eigenvalue weighted by molar-refractivity contribution is 7.18. The van der Waals surface area contributed by atoms with E-state index in [9.17, 15) is 9.90 Å². The zero-order valence-corrected chi connectivity index (χ0v) is 12.9. The number of aliphatic hydroxyl groups excluding tert-OH is 1. The Bertz CT molecular complexity index is 503. The summed E-state index contributed by atoms with van der Waals surface area (Å²) in [7, 11) is 0. The highest BCUT2D eigenvalue weighted by Gasteiger charge is 2.42. The Kier molecular flexibility index (Phi) is 3.93. The van der Waals surface area contributed by atoms with E-state index >= 15 is 0 Å². The van der Waals surface area contributed by atoms with E-state index < -0.39 is 0 Å². The van der Waals surface area contributed by atoms with Crippen molar-refractivity contribution in [1.29, 1.82) is 0 Å². The van der Waals surface area contributed by atoms with Crippen LogP contribution in [-0.4, -0.2) is 34.7 Å². The molecule has 1 fully saturated rings. The lowest BCUT2D eigenvalue weighted by Gasteiger charge is -2.19. The number of nitrogens with one attached hydrogen (secondary N) is 2. The summed E-state index contributed by atoms with van der Waals surface area (Å²) in [5.74, 6) is 0.0229. The van der Waals surface area contributed by atoms with Gasteiger partial charge in [0.15, 0.2) is 5.13 Å². The molecular weight excluding hydrogens is 276 g/mol. The van der Waals surface area contributed by atoms with Crippen molar-refractivity contribution in [3.63, 3.8) is 0 Å². The van der Waals surface area contributed by atoms with Crippen molar-refractivity contribution in [3.05, 3.63) is 4.88 Å². The highest BCUT2D eigenvalue weighted by atomic mass is 32.1. The summed E-state index contributed by atoms with van der Waals surface area (Å²) < 4.78 is 0. The van der Waals surface area contributed by atoms with Gasteiger partial charge in [-0.25, -0.2) is 4.98 Å². The number of nitrogen functional groups attached to an aromatic ring is 1. The first-order valence-corrected chi connectivity index (χ1v) is 7.50. The number of aromatic nitrogens is 1. The Morgan fingerprint density at radius 2 is 2.15 bits per heavy atom. The van der Waals surface area contributed by atoms with Gasteiger partial charge in [-0.15, -0.1) is 0 Å². The fourth-order valence-electron chi connectivity index (χ4n) is 1.78. The molecule has 0 unspecified atom stereocenters. The number of nitrogens with two attached hydrogens (primary N) is 1. The van der Waals surface area contributed by atoms with E-state index in [1.165, 1.54) is 11.3 Å². The summed E-state index contributed by atoms with van der Waals surface area (Å²) in [5.41, 5.74) is 5.56. The Hall–Kier alpha value is -1.34. The first-order valence-electron chi connectivity index (χ1n) is 6.68. The predicted octanol–water partition coefficient (Wildman–Crippen LogP) is 1.44. The van der Waals surface area contributed by atoms with E-state index in [2.05, 4.69) is 15.6 Å². The lowest BCUT2D eigenvalue weighted by atomic mass is 10.1. The monoisotopic (exact) mass is 298 g/mol. The van der Waals surface area contributed by atoms with Crippen molar-refractivity contribution in [2.45, 2.75) is 39.2 Å². The van der Waals surface area contributed by atoms with Crippen molar-refractivity contribution >= 4 is 28.2 Å². The number of hydrogen-bond donors (Lipinski definition) is 4. The zero-order chi connectivity index (χ0) is 15.0. The maximum atomic E-state index is 12.1. The second-order valence-corrected chi connectivity index (χ2v) is 7.45. The molecule has 1 saturated carbocycles. The molecule has 1 aliphatic carbocycles. The molecule has 7 heteroatoms. The normalized spacial score (nSPS) is 16.8. The van der Waals surface area contributed by atoms with Crippen molar-refractivity contribution in [2.24, 2.45) is 5.41 Å². The van der Waals surface area contributed by atoms with Gasteiger partial charge >= 0.3 is 0 Å². The molecule has 5 N–H and O–H groups in total. The molecule has 0 aromatic carbocycles. The number of thiazole rings is 1. The molecule has 112 valence electrons. The molecule has 0 aliphatic heterocycles. The number of nitrogens with zero attached hydrogens (tertiary/aromatic N) is 1. The van der Waals surface area contributed by atoms with Gasteiger partial charge in [-0.3, -0.25) is 4.79 Å². The third-order valence-corrected chi connectivity index (χ3v) is 4.24. The van der Waals surface area contributed by atoms with Crippen LogP contribution in [0.1, 0.15) is 43.3 Å². The van der Waals surface area contributed by atoms with Gasteiger partial charge in [0.25, 0.3) is 5.91 Å². The molecule has 1 amide bonds. The van der Waals surface area contributed by atoms with Gasteiger partial charge < -0.3 is 21.5 Å². The van der Waals surface area contributed by atoms with E-state index in [1.807, 2.05) is 20.8 Å². The first-order chi connectivity index (χ1) is 9.25. The van der Waals surface area contributed by atoms with Crippen LogP contribution in [0.5, 0.6) is 0 Å². The van der Waals surface area contributed by atoms with E-state index in [0.717, 1.165) is 12.8 Å². The van der Waals surface area contributed by atoms with Crippen molar-refractivity contribution < 1.29 is 9.90 Å². The van der Waals surface area contributed by atoms with Crippen molar-refractivity contribution in [2.75, 3.05) is 24.2 Å². The predicted molar refractivity (Wildman–Crippen MR) is 81.0 cm³/mol. The van der Waals surface area contributed by atoms with Crippen LogP contribution in [0.15, 0.2) is 0 Å². The molecule has 0 radical (unpaired) electrons. The van der Waals surface area contributed by atoms with Crippen LogP contribution >= 0.6 is 11.3 Å². The van der Waals surface area contributed by atoms with Gasteiger partial charge in [0, 0.05) is 17.5 Å². The minimum Gasteiger partial charge on any atom is -0.396 e. The van der Waals surface area contributed by atoms with Gasteiger partial charge in [0.05, 0.1) is 6.61 Å². The molecule has 0 atom stereocenters. The smallest absolute Gasteiger partial charge is 0.265 e. The summed E-state index contributed by atoms with van der Waals surface area (Å²) in [6.07, 6.45) is 1.91. The SMILES string of the molecule is CC(C)(C)Nc1nc(N)c(C(=O)NCC2(CO)CC2)s1. The molecule has 0 spiro atoms. The molecule has 1 aromatic heterocycles. The summed E-state index contributed by atoms with van der Waals surface area (Å²) in [4.78, 5) is 16.7. The Morgan fingerprint density at radius 1 is 1.50 bits per heavy atom. The number of aliphatic hydroxyl groups is 1. The van der Waals surface area contributed by atoms with E-state index in [4.69, 9.17) is 5.73 Å². The van der Waals surface area contributed by atoms with Crippen molar-refractivity contribution in [3.8, 4) is 0 Å². The number of carbonyl (C=O) groups excluding carboxylic acids is 1. The van der Waals surface area contributed by atoms with Crippen LogP contribution in [-0.2, 0) is 0 Å². The standard InChI is InChI=1S/C13H22N4O2S/c1-12(2,3)17-11-16-9(14)8(20-11)10(19)15-6-13(7-18)4-5-13/h18H,4-7,14H2,1-3H3,(H,15,19)(H,16,17). The van der Waals surface area contributed by atoms with Crippen LogP contribution in [0.4, 0.5) is 10.9 Å². The van der Waals surface area contributed by atoms with E-state index in [0.29, 0.717) is 16.6 Å². The van der Waals surface area contributed by atoms with Crippen molar-refractivity contribution in [1.82, 2.24) is 10.3 Å². The lowest BCUT2D eigenvalue weighted by Crippen LogP contribution is -2.31. The molecule has 1 aliphatic rings. The molecule has 1 aromatic rings. The van der Waals surface area contributed by atoms with Crippen LogP contribution in [0.2, 0.25) is 0 Å². The fraction of sp³-hybridized carbons (Fsp3) is 0.692. The van der Waals surface area contributed by atoms with Gasteiger partial charge in [-0.2, -0.15) is 0 Å². The molecule has 20 heavy (non-hydrogen) atoms. The molecule has 6 nitrogen and oxygen atoms in total. The maximum absolute atomic E-state index is 12.1. The van der Waals surface area contributed by atoms with Gasteiger partial charge in [0.1, 0.15) is 10.7 Å². The first kappa shape index (κ1) is 15.1. The summed E-state index contributed by atoms with van der Waals surface area (Å²) in [5, 5.41) is 15.9. The average molecular weight is 298 g/mol. The van der Waals surface area contributed by atoms with Crippen LogP contribution in [0.25, 0.3) is 0 Å². The summed E-state index contributed by atoms with van der Waals surface area (Å²) in [6.45, 7) is 6.65. The molecule has 2 rings (SSSR count). The van der Waals surface area contributed by atoms with Gasteiger partial charge in [-0.05, 0) is 33.6 Å². The number of rotatable bonds is 5. The number of carbonyl (C=O) groups is 1. The largest absolute Gasteiger partial charge is 0.396 e. The molecule has 1 heterocycles. The maximum Gasteiger partial charge on any atom is 0.265 e.